The summed E-state index contributed by atoms with van der Waals surface area (Å²) in [4.78, 5) is 38.7. The Morgan fingerprint density at radius 2 is 1.90 bits per heavy atom. The first-order valence-electron chi connectivity index (χ1n) is 8.70. The van der Waals surface area contributed by atoms with Gasteiger partial charge < -0.3 is 19.7 Å². The molecule has 3 rings (SSSR count). The Bertz CT molecular complexity index is 802. The number of thioether (sulfide) groups is 1. The topological polar surface area (TPSA) is 84.9 Å². The largest absolute Gasteiger partial charge is 0.484 e. The van der Waals surface area contributed by atoms with Gasteiger partial charge in [0.1, 0.15) is 29.8 Å². The van der Waals surface area contributed by atoms with Crippen LogP contribution in [0.5, 0.6) is 5.75 Å². The van der Waals surface area contributed by atoms with E-state index < -0.39 is 39.1 Å². The molecule has 1 aromatic carbocycles. The molecule has 7 nitrogen and oxygen atoms in total. The van der Waals surface area contributed by atoms with E-state index in [1.807, 2.05) is 19.9 Å². The quantitative estimate of drug-likeness (QED) is 0.382. The van der Waals surface area contributed by atoms with Crippen molar-refractivity contribution in [1.29, 1.82) is 0 Å². The van der Waals surface area contributed by atoms with E-state index in [-0.39, 0.29) is 17.9 Å². The highest BCUT2D eigenvalue weighted by atomic mass is 35.6. The van der Waals surface area contributed by atoms with Gasteiger partial charge in [-0.25, -0.2) is 4.79 Å². The monoisotopic (exact) mass is 480 g/mol. The highest BCUT2D eigenvalue weighted by molar-refractivity contribution is 8.01. The van der Waals surface area contributed by atoms with E-state index >= 15 is 0 Å². The number of ether oxygens (including phenoxy) is 2. The van der Waals surface area contributed by atoms with Gasteiger partial charge in [0.15, 0.2) is 6.61 Å². The summed E-state index contributed by atoms with van der Waals surface area (Å²) in [5, 5.41) is 2.28. The number of halogens is 3. The van der Waals surface area contributed by atoms with Crippen LogP contribution in [0.2, 0.25) is 0 Å². The van der Waals surface area contributed by atoms with Crippen LogP contribution in [0, 0.1) is 0 Å². The summed E-state index contributed by atoms with van der Waals surface area (Å²) >= 11 is 18.3. The second-order valence-electron chi connectivity index (χ2n) is 7.13. The van der Waals surface area contributed by atoms with Crippen molar-refractivity contribution in [3.05, 3.63) is 30.3 Å². The minimum atomic E-state index is -1.74. The van der Waals surface area contributed by atoms with Gasteiger partial charge >= 0.3 is 5.97 Å². The fourth-order valence-corrected chi connectivity index (χ4v) is 5.02. The molecular weight excluding hydrogens is 463 g/mol. The van der Waals surface area contributed by atoms with Gasteiger partial charge in [-0.05, 0) is 26.0 Å². The van der Waals surface area contributed by atoms with E-state index in [4.69, 9.17) is 44.3 Å². The number of hydrogen-bond acceptors (Lipinski definition) is 6. The molecule has 2 fully saturated rings. The van der Waals surface area contributed by atoms with Crippen molar-refractivity contribution < 1.29 is 23.9 Å². The van der Waals surface area contributed by atoms with Gasteiger partial charge in [-0.3, -0.25) is 9.59 Å². The van der Waals surface area contributed by atoms with Gasteiger partial charge in [0.05, 0.1) is 0 Å². The van der Waals surface area contributed by atoms with Crippen LogP contribution in [0.3, 0.4) is 0 Å². The van der Waals surface area contributed by atoms with E-state index in [9.17, 15) is 14.4 Å². The molecule has 0 aliphatic carbocycles. The molecule has 0 aromatic heterocycles. The third-order valence-corrected chi connectivity index (χ3v) is 6.37. The molecule has 0 radical (unpaired) electrons. The molecule has 0 spiro atoms. The Morgan fingerprint density at radius 1 is 1.24 bits per heavy atom. The molecule has 1 N–H and O–H groups in total. The van der Waals surface area contributed by atoms with E-state index in [0.717, 1.165) is 0 Å². The van der Waals surface area contributed by atoms with Crippen molar-refractivity contribution in [2.75, 3.05) is 13.2 Å². The van der Waals surface area contributed by atoms with Crippen molar-refractivity contribution in [3.63, 3.8) is 0 Å². The Balaban J connectivity index is 1.58. The van der Waals surface area contributed by atoms with Crippen LogP contribution in [0.1, 0.15) is 13.8 Å². The molecule has 1 aromatic rings. The van der Waals surface area contributed by atoms with Crippen molar-refractivity contribution in [1.82, 2.24) is 10.2 Å². The molecule has 2 saturated heterocycles. The number of nitrogens with zero attached hydrogens (tertiary/aromatic N) is 1. The molecule has 2 heterocycles. The highest BCUT2D eigenvalue weighted by Gasteiger charge is 2.64. The van der Waals surface area contributed by atoms with Crippen molar-refractivity contribution in [3.8, 4) is 5.75 Å². The van der Waals surface area contributed by atoms with Crippen LogP contribution < -0.4 is 10.1 Å². The first-order chi connectivity index (χ1) is 13.5. The van der Waals surface area contributed by atoms with Gasteiger partial charge in [-0.1, -0.05) is 53.0 Å². The Labute approximate surface area is 187 Å². The minimum Gasteiger partial charge on any atom is -0.484 e. The second kappa shape index (κ2) is 8.41. The maximum Gasteiger partial charge on any atom is 0.330 e. The first kappa shape index (κ1) is 22.3. The molecule has 3 atom stereocenters. The van der Waals surface area contributed by atoms with Gasteiger partial charge in [0, 0.05) is 4.75 Å². The lowest BCUT2D eigenvalue weighted by Crippen LogP contribution is -2.71. The van der Waals surface area contributed by atoms with Crippen LogP contribution >= 0.6 is 46.6 Å². The maximum atomic E-state index is 12.6. The molecular formula is C18H19Cl3N2O5S. The van der Waals surface area contributed by atoms with Crippen molar-refractivity contribution >= 4 is 64.3 Å². The fourth-order valence-electron chi connectivity index (χ4n) is 3.24. The average molecular weight is 482 g/mol. The summed E-state index contributed by atoms with van der Waals surface area (Å²) in [7, 11) is 0. The van der Waals surface area contributed by atoms with Crippen LogP contribution in [0.15, 0.2) is 30.3 Å². The first-order valence-corrected chi connectivity index (χ1v) is 10.7. The predicted molar refractivity (Wildman–Crippen MR) is 111 cm³/mol. The van der Waals surface area contributed by atoms with E-state index in [0.29, 0.717) is 5.75 Å². The molecule has 0 bridgehead atoms. The number of rotatable bonds is 6. The summed E-state index contributed by atoms with van der Waals surface area (Å²) < 4.78 is 8.10. The molecule has 11 heteroatoms. The number of amides is 2. The van der Waals surface area contributed by atoms with Gasteiger partial charge in [-0.2, -0.15) is 0 Å². The van der Waals surface area contributed by atoms with Gasteiger partial charge in [0.2, 0.25) is 9.70 Å². The summed E-state index contributed by atoms with van der Waals surface area (Å²) in [5.74, 6) is -0.885. The predicted octanol–water partition coefficient (Wildman–Crippen LogP) is 2.53. The minimum absolute atomic E-state index is 0.219. The number of hydrogen-bond donors (Lipinski definition) is 1. The number of β-lactam (4-membered cyclic amide) rings is 1. The third-order valence-electron chi connectivity index (χ3n) is 4.47. The Kier molecular flexibility index (Phi) is 6.48. The number of esters is 1. The summed E-state index contributed by atoms with van der Waals surface area (Å²) in [6.07, 6.45) is 0. The molecule has 0 saturated carbocycles. The number of nitrogens with one attached hydrogen (secondary N) is 1. The van der Waals surface area contributed by atoms with Crippen LogP contribution in [0.4, 0.5) is 0 Å². The van der Waals surface area contributed by atoms with Crippen molar-refractivity contribution in [2.24, 2.45) is 0 Å². The number of fused-ring (bicyclic) bond motifs is 1. The van der Waals surface area contributed by atoms with E-state index in [1.54, 1.807) is 24.3 Å². The molecule has 2 amide bonds. The van der Waals surface area contributed by atoms with Crippen LogP contribution in [0.25, 0.3) is 0 Å². The third kappa shape index (κ3) is 5.05. The Morgan fingerprint density at radius 3 is 2.52 bits per heavy atom. The molecule has 2 unspecified atom stereocenters. The van der Waals surface area contributed by atoms with E-state index in [1.165, 1.54) is 16.7 Å². The molecule has 2 aliphatic heterocycles. The highest BCUT2D eigenvalue weighted by Crippen LogP contribution is 2.51. The number of para-hydroxylation sites is 1. The fraction of sp³-hybridized carbons (Fsp3) is 0.500. The average Bonchev–Trinajstić information content (AvgIpc) is 2.91. The molecule has 29 heavy (non-hydrogen) atoms. The lowest BCUT2D eigenvalue weighted by Gasteiger charge is -2.43. The normalized spacial score (nSPS) is 25.1. The number of benzene rings is 1. The Hall–Kier alpha value is -1.35. The lowest BCUT2D eigenvalue weighted by atomic mass is 9.96. The molecule has 2 aliphatic rings. The zero-order valence-corrected chi connectivity index (χ0v) is 18.6. The van der Waals surface area contributed by atoms with E-state index in [2.05, 4.69) is 5.32 Å². The standard InChI is InChI=1S/C18H19Cl3N2O5S/c1-17(2)13(16(26)28-9-18(19,20)21)23-14(25)12(15(23)29-17)22-11(24)8-27-10-6-4-3-5-7-10/h3-7,12-13,15H,8-9H2,1-2H3,(H,22,24)/t12?,13?,15-/m1/s1. The van der Waals surface area contributed by atoms with Crippen molar-refractivity contribution in [2.45, 2.75) is 39.8 Å². The summed E-state index contributed by atoms with van der Waals surface area (Å²) in [5.41, 5.74) is 0. The van der Waals surface area contributed by atoms with Gasteiger partial charge in [0.25, 0.3) is 5.91 Å². The summed E-state index contributed by atoms with van der Waals surface area (Å²) in [6.45, 7) is 3.00. The number of carbonyl (C=O) groups is 3. The van der Waals surface area contributed by atoms with Crippen LogP contribution in [-0.4, -0.2) is 61.9 Å². The smallest absolute Gasteiger partial charge is 0.330 e. The number of carbonyl (C=O) groups excluding carboxylic acids is 3. The zero-order valence-electron chi connectivity index (χ0n) is 15.6. The second-order valence-corrected chi connectivity index (χ2v) is 11.4. The number of alkyl halides is 3. The lowest BCUT2D eigenvalue weighted by molar-refractivity contribution is -0.164. The van der Waals surface area contributed by atoms with Gasteiger partial charge in [-0.15, -0.1) is 11.8 Å². The zero-order chi connectivity index (χ0) is 21.4. The SMILES string of the molecule is CC1(C)S[C@@H]2C(NC(=O)COc3ccccc3)C(=O)N2C1C(=O)OCC(Cl)(Cl)Cl. The van der Waals surface area contributed by atoms with Crippen LogP contribution in [-0.2, 0) is 19.1 Å². The maximum absolute atomic E-state index is 12.6. The summed E-state index contributed by atoms with van der Waals surface area (Å²) in [6, 6.07) is 7.30. The molecule has 158 valence electrons.